The van der Waals surface area contributed by atoms with Gasteiger partial charge < -0.3 is 0 Å². The molecule has 1 aliphatic rings. The first-order chi connectivity index (χ1) is 11.2. The van der Waals surface area contributed by atoms with E-state index in [0.717, 1.165) is 18.8 Å². The number of thioether (sulfide) groups is 1. The first-order valence-corrected chi connectivity index (χ1v) is 8.77. The Labute approximate surface area is 140 Å². The molecule has 2 atom stereocenters. The minimum absolute atomic E-state index is 0.0603. The van der Waals surface area contributed by atoms with Crippen molar-refractivity contribution in [2.75, 3.05) is 24.2 Å². The third-order valence-electron chi connectivity index (χ3n) is 4.00. The third kappa shape index (κ3) is 4.09. The van der Waals surface area contributed by atoms with Crippen molar-refractivity contribution >= 4 is 23.6 Å². The van der Waals surface area contributed by atoms with Gasteiger partial charge in [-0.05, 0) is 18.6 Å². The molecule has 1 aromatic heterocycles. The molecule has 3 rings (SSSR count). The van der Waals surface area contributed by atoms with Crippen molar-refractivity contribution in [2.24, 2.45) is 0 Å². The van der Waals surface area contributed by atoms with Gasteiger partial charge in [0.25, 0.3) is 0 Å². The molecule has 0 radical (unpaired) electrons. The number of anilines is 1. The van der Waals surface area contributed by atoms with Crippen molar-refractivity contribution in [3.05, 3.63) is 54.4 Å². The van der Waals surface area contributed by atoms with Crippen LogP contribution in [0.15, 0.2) is 48.8 Å². The third-order valence-corrected chi connectivity index (χ3v) is 5.24. The number of nitrogens with zero attached hydrogens (tertiary/aromatic N) is 3. The van der Waals surface area contributed by atoms with Crippen LogP contribution in [-0.4, -0.2) is 45.7 Å². The van der Waals surface area contributed by atoms with Crippen LogP contribution < -0.4 is 5.32 Å². The monoisotopic (exact) mass is 328 g/mol. The van der Waals surface area contributed by atoms with E-state index in [1.807, 2.05) is 24.8 Å². The smallest absolute Gasteiger partial charge is 0.243 e. The second-order valence-electron chi connectivity index (χ2n) is 5.50. The van der Waals surface area contributed by atoms with Crippen LogP contribution >= 0.6 is 11.8 Å². The lowest BCUT2D eigenvalue weighted by Gasteiger charge is -2.35. The van der Waals surface area contributed by atoms with Crippen molar-refractivity contribution in [3.8, 4) is 0 Å². The summed E-state index contributed by atoms with van der Waals surface area (Å²) in [5.41, 5.74) is 1.32. The van der Waals surface area contributed by atoms with Crippen molar-refractivity contribution in [3.63, 3.8) is 0 Å². The maximum atomic E-state index is 12.4. The van der Waals surface area contributed by atoms with E-state index in [0.29, 0.717) is 11.2 Å². The minimum Gasteiger partial charge on any atom is -0.293 e. The van der Waals surface area contributed by atoms with Gasteiger partial charge in [0.15, 0.2) is 0 Å². The van der Waals surface area contributed by atoms with Crippen LogP contribution in [0, 0.1) is 0 Å². The Morgan fingerprint density at radius 3 is 2.74 bits per heavy atom. The minimum atomic E-state index is -0.203. The molecule has 0 bridgehead atoms. The highest BCUT2D eigenvalue weighted by atomic mass is 32.2. The van der Waals surface area contributed by atoms with E-state index < -0.39 is 0 Å². The van der Waals surface area contributed by atoms with E-state index in [2.05, 4.69) is 44.5 Å². The fourth-order valence-corrected chi connectivity index (χ4v) is 3.91. The van der Waals surface area contributed by atoms with Gasteiger partial charge in [0, 0.05) is 36.5 Å². The van der Waals surface area contributed by atoms with Crippen molar-refractivity contribution < 1.29 is 4.79 Å². The molecule has 2 aromatic rings. The van der Waals surface area contributed by atoms with Gasteiger partial charge in [-0.3, -0.25) is 15.0 Å². The SMILES string of the molecule is CC(C(=O)Nc1ncccn1)N1CCSC(c2ccccc2)C1. The number of benzene rings is 1. The lowest BCUT2D eigenvalue weighted by molar-refractivity contribution is -0.120. The van der Waals surface area contributed by atoms with Gasteiger partial charge in [-0.15, -0.1) is 0 Å². The molecular formula is C17H20N4OS. The molecular weight excluding hydrogens is 308 g/mol. The predicted molar refractivity (Wildman–Crippen MR) is 93.3 cm³/mol. The molecule has 1 saturated heterocycles. The summed E-state index contributed by atoms with van der Waals surface area (Å²) in [6.07, 6.45) is 3.24. The molecule has 1 amide bonds. The number of nitrogens with one attached hydrogen (secondary N) is 1. The van der Waals surface area contributed by atoms with Crippen LogP contribution in [0.25, 0.3) is 0 Å². The predicted octanol–water partition coefficient (Wildman–Crippen LogP) is 2.59. The Hall–Kier alpha value is -1.92. The summed E-state index contributed by atoms with van der Waals surface area (Å²) in [5.74, 6) is 1.32. The number of carbonyl (C=O) groups excluding carboxylic acids is 1. The second-order valence-corrected chi connectivity index (χ2v) is 6.81. The Balaban J connectivity index is 1.62. The lowest BCUT2D eigenvalue weighted by atomic mass is 10.1. The van der Waals surface area contributed by atoms with Crippen LogP contribution in [0.3, 0.4) is 0 Å². The summed E-state index contributed by atoms with van der Waals surface area (Å²) in [4.78, 5) is 22.7. The summed E-state index contributed by atoms with van der Waals surface area (Å²) in [5, 5.41) is 3.19. The largest absolute Gasteiger partial charge is 0.293 e. The van der Waals surface area contributed by atoms with Crippen molar-refractivity contribution in [1.82, 2.24) is 14.9 Å². The average molecular weight is 328 g/mol. The lowest BCUT2D eigenvalue weighted by Crippen LogP contribution is -2.46. The van der Waals surface area contributed by atoms with Gasteiger partial charge in [-0.1, -0.05) is 30.3 Å². The highest BCUT2D eigenvalue weighted by Gasteiger charge is 2.28. The number of amides is 1. The Kier molecular flexibility index (Phi) is 5.25. The molecule has 1 aliphatic heterocycles. The molecule has 1 fully saturated rings. The molecule has 5 nitrogen and oxygen atoms in total. The first-order valence-electron chi connectivity index (χ1n) is 7.72. The van der Waals surface area contributed by atoms with Gasteiger partial charge >= 0.3 is 0 Å². The molecule has 2 unspecified atom stereocenters. The summed E-state index contributed by atoms with van der Waals surface area (Å²) in [6, 6.07) is 12.0. The zero-order valence-electron chi connectivity index (χ0n) is 13.1. The number of carbonyl (C=O) groups is 1. The molecule has 0 aliphatic carbocycles. The number of aromatic nitrogens is 2. The molecule has 6 heteroatoms. The molecule has 1 aromatic carbocycles. The quantitative estimate of drug-likeness (QED) is 0.935. The van der Waals surface area contributed by atoms with Crippen LogP contribution in [0.5, 0.6) is 0 Å². The van der Waals surface area contributed by atoms with Gasteiger partial charge in [0.2, 0.25) is 11.9 Å². The Morgan fingerprint density at radius 2 is 2.00 bits per heavy atom. The van der Waals surface area contributed by atoms with Gasteiger partial charge in [-0.25, -0.2) is 9.97 Å². The Morgan fingerprint density at radius 1 is 1.26 bits per heavy atom. The zero-order chi connectivity index (χ0) is 16.1. The van der Waals surface area contributed by atoms with E-state index >= 15 is 0 Å². The summed E-state index contributed by atoms with van der Waals surface area (Å²) < 4.78 is 0. The highest BCUT2D eigenvalue weighted by Crippen LogP contribution is 2.33. The molecule has 1 N–H and O–H groups in total. The van der Waals surface area contributed by atoms with Gasteiger partial charge in [0.1, 0.15) is 0 Å². The summed E-state index contributed by atoms with van der Waals surface area (Å²) in [6.45, 7) is 3.73. The van der Waals surface area contributed by atoms with Crippen LogP contribution in [0.2, 0.25) is 0 Å². The number of hydrogen-bond donors (Lipinski definition) is 1. The van der Waals surface area contributed by atoms with Gasteiger partial charge in [-0.2, -0.15) is 11.8 Å². The fourth-order valence-electron chi connectivity index (χ4n) is 2.63. The summed E-state index contributed by atoms with van der Waals surface area (Å²) in [7, 11) is 0. The van der Waals surface area contributed by atoms with Crippen molar-refractivity contribution in [1.29, 1.82) is 0 Å². The molecule has 120 valence electrons. The summed E-state index contributed by atoms with van der Waals surface area (Å²) >= 11 is 1.96. The number of hydrogen-bond acceptors (Lipinski definition) is 5. The van der Waals surface area contributed by atoms with Gasteiger partial charge in [0.05, 0.1) is 6.04 Å². The maximum absolute atomic E-state index is 12.4. The highest BCUT2D eigenvalue weighted by molar-refractivity contribution is 7.99. The molecule has 2 heterocycles. The normalized spacial score (nSPS) is 20.0. The Bertz CT molecular complexity index is 638. The standard InChI is InChI=1S/C17H20N4OS/c1-13(16(22)20-17-18-8-5-9-19-17)21-10-11-23-15(12-21)14-6-3-2-4-7-14/h2-9,13,15H,10-12H2,1H3,(H,18,19,20,22). The number of rotatable bonds is 4. The second kappa shape index (κ2) is 7.57. The van der Waals surface area contributed by atoms with E-state index in [-0.39, 0.29) is 11.9 Å². The van der Waals surface area contributed by atoms with E-state index in [4.69, 9.17) is 0 Å². The van der Waals surface area contributed by atoms with Crippen LogP contribution in [-0.2, 0) is 4.79 Å². The molecule has 0 spiro atoms. The zero-order valence-corrected chi connectivity index (χ0v) is 13.9. The fraction of sp³-hybridized carbons (Fsp3) is 0.353. The molecule has 23 heavy (non-hydrogen) atoms. The van der Waals surface area contributed by atoms with E-state index in [1.54, 1.807) is 18.5 Å². The average Bonchev–Trinajstić information content (AvgIpc) is 2.63. The van der Waals surface area contributed by atoms with E-state index in [1.165, 1.54) is 5.56 Å². The van der Waals surface area contributed by atoms with Crippen LogP contribution in [0.4, 0.5) is 5.95 Å². The van der Waals surface area contributed by atoms with E-state index in [9.17, 15) is 4.79 Å². The topological polar surface area (TPSA) is 58.1 Å². The maximum Gasteiger partial charge on any atom is 0.243 e. The van der Waals surface area contributed by atoms with Crippen LogP contribution in [0.1, 0.15) is 17.7 Å². The first kappa shape index (κ1) is 16.0. The van der Waals surface area contributed by atoms with Crippen molar-refractivity contribution in [2.45, 2.75) is 18.2 Å². The molecule has 0 saturated carbocycles.